The molecule has 0 spiro atoms. The van der Waals surface area contributed by atoms with Crippen molar-refractivity contribution in [3.63, 3.8) is 0 Å². The van der Waals surface area contributed by atoms with Crippen molar-refractivity contribution in [1.29, 1.82) is 0 Å². The largest absolute Gasteiger partial charge is 0.480 e. The second-order valence-corrected chi connectivity index (χ2v) is 5.65. The number of hydrogen-bond donors (Lipinski definition) is 1. The van der Waals surface area contributed by atoms with Crippen LogP contribution in [0.5, 0.6) is 0 Å². The van der Waals surface area contributed by atoms with Crippen LogP contribution in [0.3, 0.4) is 0 Å². The normalized spacial score (nSPS) is 31.9. The maximum absolute atomic E-state index is 13.2. The fourth-order valence-electron chi connectivity index (χ4n) is 2.29. The van der Waals surface area contributed by atoms with E-state index in [0.717, 1.165) is 0 Å². The lowest BCUT2D eigenvalue weighted by atomic mass is 10.2. The summed E-state index contributed by atoms with van der Waals surface area (Å²) in [5, 5.41) is 8.94. The molecule has 3 atom stereocenters. The Hall–Kier alpha value is -1.73. The molecule has 3 unspecified atom stereocenters. The molecule has 6 nitrogen and oxygen atoms in total. The Labute approximate surface area is 107 Å². The predicted octanol–water partition coefficient (Wildman–Crippen LogP) is 1.10. The zero-order chi connectivity index (χ0) is 14.7. The molecule has 106 valence electrons. The van der Waals surface area contributed by atoms with Gasteiger partial charge in [0, 0.05) is 0 Å². The highest BCUT2D eigenvalue weighted by Crippen LogP contribution is 2.63. The van der Waals surface area contributed by atoms with Crippen LogP contribution in [-0.4, -0.2) is 45.5 Å². The molecule has 0 aromatic carbocycles. The third kappa shape index (κ3) is 1.95. The Bertz CT molecular complexity index is 470. The van der Waals surface area contributed by atoms with Crippen molar-refractivity contribution in [2.24, 2.45) is 11.8 Å². The first kappa shape index (κ1) is 13.7. The third-order valence-electron chi connectivity index (χ3n) is 3.07. The first-order valence-electron chi connectivity index (χ1n) is 5.65. The summed E-state index contributed by atoms with van der Waals surface area (Å²) in [6.07, 6.45) is -1.20. The topological polar surface area (TPSA) is 83.9 Å². The molecule has 8 heteroatoms. The van der Waals surface area contributed by atoms with Crippen LogP contribution in [0.1, 0.15) is 20.8 Å². The number of amides is 2. The maximum Gasteiger partial charge on any atom is 0.417 e. The van der Waals surface area contributed by atoms with Crippen molar-refractivity contribution in [3.8, 4) is 0 Å². The van der Waals surface area contributed by atoms with Crippen molar-refractivity contribution in [2.75, 3.05) is 0 Å². The summed E-state index contributed by atoms with van der Waals surface area (Å²) in [5.41, 5.74) is -0.949. The van der Waals surface area contributed by atoms with E-state index in [9.17, 15) is 23.2 Å². The molecule has 19 heavy (non-hydrogen) atoms. The Balaban J connectivity index is 2.25. The van der Waals surface area contributed by atoms with E-state index in [1.807, 2.05) is 0 Å². The molecule has 0 radical (unpaired) electrons. The van der Waals surface area contributed by atoms with E-state index in [0.29, 0.717) is 4.90 Å². The minimum absolute atomic E-state index is 0.292. The van der Waals surface area contributed by atoms with Gasteiger partial charge in [0.2, 0.25) is 5.91 Å². The highest BCUT2D eigenvalue weighted by molar-refractivity contribution is 6.04. The molecule has 0 aromatic rings. The number of fused-ring (bicyclic) bond motifs is 1. The summed E-state index contributed by atoms with van der Waals surface area (Å²) < 4.78 is 31.3. The Kier molecular flexibility index (Phi) is 2.63. The maximum atomic E-state index is 13.2. The van der Waals surface area contributed by atoms with Gasteiger partial charge in [-0.1, -0.05) is 0 Å². The molecule has 2 amide bonds. The zero-order valence-corrected chi connectivity index (χ0v) is 10.5. The van der Waals surface area contributed by atoms with E-state index in [2.05, 4.69) is 0 Å². The van der Waals surface area contributed by atoms with Crippen molar-refractivity contribution in [2.45, 2.75) is 38.3 Å². The lowest BCUT2D eigenvalue weighted by Crippen LogP contribution is -2.50. The number of imide groups is 1. The van der Waals surface area contributed by atoms with Gasteiger partial charge < -0.3 is 9.84 Å². The van der Waals surface area contributed by atoms with E-state index in [-0.39, 0.29) is 0 Å². The summed E-state index contributed by atoms with van der Waals surface area (Å²) in [6.45, 7) is 4.57. The van der Waals surface area contributed by atoms with Gasteiger partial charge >= 0.3 is 12.1 Å². The number of halogens is 2. The van der Waals surface area contributed by atoms with Gasteiger partial charge in [-0.25, -0.2) is 23.3 Å². The summed E-state index contributed by atoms with van der Waals surface area (Å²) in [5.74, 6) is -9.54. The molecular formula is C11H13F2NO5. The molecular weight excluding hydrogens is 264 g/mol. The number of hydrogen-bond acceptors (Lipinski definition) is 4. The van der Waals surface area contributed by atoms with E-state index < -0.39 is 47.4 Å². The summed E-state index contributed by atoms with van der Waals surface area (Å²) in [7, 11) is 0. The molecule has 1 aliphatic heterocycles. The minimum atomic E-state index is -3.35. The van der Waals surface area contributed by atoms with Gasteiger partial charge in [0.15, 0.2) is 0 Å². The molecule has 2 rings (SSSR count). The van der Waals surface area contributed by atoms with Gasteiger partial charge in [0.1, 0.15) is 17.6 Å². The predicted molar refractivity (Wildman–Crippen MR) is 56.4 cm³/mol. The average molecular weight is 277 g/mol. The quantitative estimate of drug-likeness (QED) is 0.775. The van der Waals surface area contributed by atoms with Crippen LogP contribution >= 0.6 is 0 Å². The average Bonchev–Trinajstić information content (AvgIpc) is 2.59. The first-order chi connectivity index (χ1) is 8.48. The van der Waals surface area contributed by atoms with Gasteiger partial charge in [0.25, 0.3) is 5.92 Å². The van der Waals surface area contributed by atoms with Crippen LogP contribution in [0.25, 0.3) is 0 Å². The number of nitrogens with zero attached hydrogens (tertiary/aromatic N) is 1. The molecule has 1 saturated heterocycles. The number of ether oxygens (including phenoxy) is 1. The number of aliphatic carboxylic acids is 1. The van der Waals surface area contributed by atoms with Gasteiger partial charge in [-0.15, -0.1) is 0 Å². The standard InChI is InChI=1S/C11H13F2NO5/c1-10(2,3)19-9(18)14-6(8(16)17)4-5(7(14)15)11(4,12)13/h4-6H,1-3H3,(H,16,17). The van der Waals surface area contributed by atoms with Crippen LogP contribution in [0.15, 0.2) is 0 Å². The second-order valence-electron chi connectivity index (χ2n) is 5.65. The number of carbonyl (C=O) groups is 3. The number of carboxylic acid groups (broad SMARTS) is 1. The highest BCUT2D eigenvalue weighted by atomic mass is 19.3. The molecule has 0 bridgehead atoms. The fourth-order valence-corrected chi connectivity index (χ4v) is 2.29. The molecule has 2 aliphatic rings. The van der Waals surface area contributed by atoms with Crippen LogP contribution in [-0.2, 0) is 14.3 Å². The Morgan fingerprint density at radius 1 is 1.37 bits per heavy atom. The van der Waals surface area contributed by atoms with Crippen molar-refractivity contribution in [3.05, 3.63) is 0 Å². The van der Waals surface area contributed by atoms with Gasteiger partial charge in [-0.05, 0) is 20.8 Å². The summed E-state index contributed by atoms with van der Waals surface area (Å²) in [6, 6.07) is -1.86. The van der Waals surface area contributed by atoms with Gasteiger partial charge in [0.05, 0.1) is 5.92 Å². The number of carbonyl (C=O) groups excluding carboxylic acids is 2. The number of rotatable bonds is 1. The molecule has 1 aliphatic carbocycles. The number of alkyl halides is 2. The van der Waals surface area contributed by atoms with Crippen molar-refractivity contribution >= 4 is 18.0 Å². The van der Waals surface area contributed by atoms with Gasteiger partial charge in [-0.2, -0.15) is 0 Å². The van der Waals surface area contributed by atoms with Crippen LogP contribution in [0.2, 0.25) is 0 Å². The van der Waals surface area contributed by atoms with E-state index in [1.165, 1.54) is 20.8 Å². The molecule has 2 fully saturated rings. The van der Waals surface area contributed by atoms with Crippen LogP contribution in [0.4, 0.5) is 13.6 Å². The van der Waals surface area contributed by atoms with Crippen molar-refractivity contribution in [1.82, 2.24) is 4.90 Å². The molecule has 1 heterocycles. The second kappa shape index (κ2) is 3.64. The SMILES string of the molecule is CC(C)(C)OC(=O)N1C(=O)C2C(C1C(=O)O)C2(F)F. The molecule has 1 N–H and O–H groups in total. The Morgan fingerprint density at radius 3 is 2.32 bits per heavy atom. The lowest BCUT2D eigenvalue weighted by molar-refractivity contribution is -0.151. The molecule has 0 aromatic heterocycles. The molecule has 1 saturated carbocycles. The number of likely N-dealkylation sites (tertiary alicyclic amines) is 1. The van der Waals surface area contributed by atoms with E-state index in [1.54, 1.807) is 0 Å². The first-order valence-corrected chi connectivity index (χ1v) is 5.65. The van der Waals surface area contributed by atoms with Crippen LogP contribution in [0, 0.1) is 11.8 Å². The summed E-state index contributed by atoms with van der Waals surface area (Å²) >= 11 is 0. The van der Waals surface area contributed by atoms with E-state index in [4.69, 9.17) is 9.84 Å². The highest BCUT2D eigenvalue weighted by Gasteiger charge is 2.83. The number of piperidine rings is 1. The van der Waals surface area contributed by atoms with Crippen molar-refractivity contribution < 1.29 is 33.0 Å². The lowest BCUT2D eigenvalue weighted by Gasteiger charge is -2.27. The smallest absolute Gasteiger partial charge is 0.417 e. The summed E-state index contributed by atoms with van der Waals surface area (Å²) in [4.78, 5) is 34.7. The number of carboxylic acids is 1. The minimum Gasteiger partial charge on any atom is -0.480 e. The Morgan fingerprint density at radius 2 is 1.89 bits per heavy atom. The van der Waals surface area contributed by atoms with E-state index >= 15 is 0 Å². The fraction of sp³-hybridized carbons (Fsp3) is 0.727. The third-order valence-corrected chi connectivity index (χ3v) is 3.07. The zero-order valence-electron chi connectivity index (χ0n) is 10.5. The van der Waals surface area contributed by atoms with Gasteiger partial charge in [-0.3, -0.25) is 4.79 Å². The monoisotopic (exact) mass is 277 g/mol. The van der Waals surface area contributed by atoms with Crippen LogP contribution < -0.4 is 0 Å².